The molecule has 0 radical (unpaired) electrons. The third kappa shape index (κ3) is 2.55. The van der Waals surface area contributed by atoms with Crippen molar-refractivity contribution in [3.8, 4) is 0 Å². The molecule has 2 aliphatic rings. The lowest BCUT2D eigenvalue weighted by molar-refractivity contribution is -0.170. The zero-order chi connectivity index (χ0) is 14.2. The van der Waals surface area contributed by atoms with Gasteiger partial charge in [0.25, 0.3) is 0 Å². The molecule has 2 fully saturated rings. The maximum absolute atomic E-state index is 12.1. The highest BCUT2D eigenvalue weighted by Gasteiger charge is 2.54. The van der Waals surface area contributed by atoms with Crippen molar-refractivity contribution in [2.45, 2.75) is 58.7 Å². The number of fused-ring (bicyclic) bond motifs is 2. The highest BCUT2D eigenvalue weighted by atomic mass is 16.6. The zero-order valence-electron chi connectivity index (χ0n) is 12.0. The Morgan fingerprint density at radius 3 is 2.63 bits per heavy atom. The van der Waals surface area contributed by atoms with Crippen molar-refractivity contribution in [1.82, 2.24) is 0 Å². The van der Waals surface area contributed by atoms with Crippen molar-refractivity contribution in [2.24, 2.45) is 23.2 Å². The van der Waals surface area contributed by atoms with Gasteiger partial charge >= 0.3 is 5.97 Å². The van der Waals surface area contributed by atoms with Gasteiger partial charge in [-0.1, -0.05) is 6.92 Å². The minimum Gasteiger partial charge on any atom is -0.459 e. The van der Waals surface area contributed by atoms with Crippen LogP contribution in [0.3, 0.4) is 0 Å². The Balaban J connectivity index is 1.98. The van der Waals surface area contributed by atoms with Crippen LogP contribution in [0.2, 0.25) is 0 Å². The Morgan fingerprint density at radius 1 is 1.42 bits per heavy atom. The van der Waals surface area contributed by atoms with Crippen molar-refractivity contribution in [3.63, 3.8) is 0 Å². The lowest BCUT2D eigenvalue weighted by Crippen LogP contribution is -2.42. The second kappa shape index (κ2) is 5.23. The maximum Gasteiger partial charge on any atom is 0.311 e. The number of ether oxygens (including phenoxy) is 1. The van der Waals surface area contributed by atoms with Crippen LogP contribution in [0.25, 0.3) is 0 Å². The number of esters is 1. The quantitative estimate of drug-likeness (QED) is 0.611. The second-order valence-electron chi connectivity index (χ2n) is 6.66. The Labute approximate surface area is 114 Å². The highest BCUT2D eigenvalue weighted by molar-refractivity contribution is 5.76. The molecule has 4 nitrogen and oxygen atoms in total. The van der Waals surface area contributed by atoms with E-state index in [1.54, 1.807) is 0 Å². The third-order valence-corrected chi connectivity index (χ3v) is 5.10. The summed E-state index contributed by atoms with van der Waals surface area (Å²) >= 11 is 0. The summed E-state index contributed by atoms with van der Waals surface area (Å²) in [4.78, 5) is 22.7. The van der Waals surface area contributed by atoms with E-state index in [0.717, 1.165) is 25.5 Å². The van der Waals surface area contributed by atoms with Crippen molar-refractivity contribution in [1.29, 1.82) is 0 Å². The van der Waals surface area contributed by atoms with Crippen molar-refractivity contribution >= 4 is 12.3 Å². The van der Waals surface area contributed by atoms with Crippen molar-refractivity contribution in [2.75, 3.05) is 0 Å². The number of hydrogen-bond acceptors (Lipinski definition) is 4. The molecular formula is C15H24O4. The summed E-state index contributed by atoms with van der Waals surface area (Å²) in [6.07, 6.45) is 2.97. The molecule has 0 amide bonds. The van der Waals surface area contributed by atoms with E-state index < -0.39 is 11.5 Å². The summed E-state index contributed by atoms with van der Waals surface area (Å²) in [7, 11) is 0. The number of aliphatic hydroxyl groups excluding tert-OH is 1. The molecule has 5 atom stereocenters. The third-order valence-electron chi connectivity index (χ3n) is 5.10. The van der Waals surface area contributed by atoms with Gasteiger partial charge in [-0.2, -0.15) is 0 Å². The van der Waals surface area contributed by atoms with E-state index in [-0.39, 0.29) is 29.8 Å². The topological polar surface area (TPSA) is 63.6 Å². The van der Waals surface area contributed by atoms with Crippen molar-refractivity contribution in [3.05, 3.63) is 0 Å². The molecule has 5 unspecified atom stereocenters. The summed E-state index contributed by atoms with van der Waals surface area (Å²) < 4.78 is 5.56. The Hall–Kier alpha value is -0.900. The molecule has 0 heterocycles. The summed E-state index contributed by atoms with van der Waals surface area (Å²) in [5, 5.41) is 10.3. The van der Waals surface area contributed by atoms with Gasteiger partial charge in [0.15, 0.2) is 0 Å². The van der Waals surface area contributed by atoms with Crippen molar-refractivity contribution < 1.29 is 19.4 Å². The number of aliphatic hydroxyl groups is 1. The molecule has 0 aliphatic heterocycles. The molecule has 0 spiro atoms. The van der Waals surface area contributed by atoms with Crippen LogP contribution < -0.4 is 0 Å². The number of carbonyl (C=O) groups is 2. The monoisotopic (exact) mass is 268 g/mol. The largest absolute Gasteiger partial charge is 0.459 e. The van der Waals surface area contributed by atoms with Gasteiger partial charge in [0.1, 0.15) is 12.4 Å². The van der Waals surface area contributed by atoms with E-state index in [4.69, 9.17) is 4.74 Å². The van der Waals surface area contributed by atoms with E-state index in [0.29, 0.717) is 6.42 Å². The molecular weight excluding hydrogens is 244 g/mol. The maximum atomic E-state index is 12.1. The van der Waals surface area contributed by atoms with Crippen LogP contribution in [-0.2, 0) is 14.3 Å². The fourth-order valence-corrected chi connectivity index (χ4v) is 3.40. The summed E-state index contributed by atoms with van der Waals surface area (Å²) in [6.45, 7) is 5.69. The lowest BCUT2D eigenvalue weighted by Gasteiger charge is -2.33. The number of rotatable bonds is 5. The van der Waals surface area contributed by atoms with E-state index in [2.05, 4.69) is 0 Å². The standard InChI is InChI=1S/C15H24O4/c1-4-15(2,3)14(18)19-13-10-7-9(5-6-16)11(8-10)12(13)17/h6,9-13,17H,4-5,7-8H2,1-3H3. The van der Waals surface area contributed by atoms with E-state index in [9.17, 15) is 14.7 Å². The van der Waals surface area contributed by atoms with E-state index in [1.165, 1.54) is 0 Å². The van der Waals surface area contributed by atoms with Gasteiger partial charge in [0.2, 0.25) is 0 Å². The van der Waals surface area contributed by atoms with Crippen LogP contribution in [0.4, 0.5) is 0 Å². The smallest absolute Gasteiger partial charge is 0.311 e. The van der Waals surface area contributed by atoms with Gasteiger partial charge in [-0.05, 0) is 50.9 Å². The molecule has 0 saturated heterocycles. The molecule has 0 aromatic rings. The molecule has 0 aromatic heterocycles. The molecule has 2 aliphatic carbocycles. The summed E-state index contributed by atoms with van der Waals surface area (Å²) in [6, 6.07) is 0. The normalized spacial score (nSPS) is 37.4. The SMILES string of the molecule is CCC(C)(C)C(=O)OC1C2CC(CC=O)C(C2)C1O. The minimum absolute atomic E-state index is 0.123. The molecule has 2 saturated carbocycles. The molecule has 2 rings (SSSR count). The first-order chi connectivity index (χ1) is 8.90. The first-order valence-corrected chi connectivity index (χ1v) is 7.23. The van der Waals surface area contributed by atoms with Crippen LogP contribution in [0.5, 0.6) is 0 Å². The Morgan fingerprint density at radius 2 is 2.11 bits per heavy atom. The lowest BCUT2D eigenvalue weighted by atomic mass is 9.83. The molecule has 108 valence electrons. The van der Waals surface area contributed by atoms with Gasteiger partial charge in [-0.3, -0.25) is 4.79 Å². The first-order valence-electron chi connectivity index (χ1n) is 7.23. The predicted octanol–water partition coefficient (Wildman–Crippen LogP) is 1.94. The van der Waals surface area contributed by atoms with Gasteiger partial charge in [-0.15, -0.1) is 0 Å². The molecule has 0 aromatic carbocycles. The van der Waals surface area contributed by atoms with E-state index in [1.807, 2.05) is 20.8 Å². The van der Waals surface area contributed by atoms with Gasteiger partial charge < -0.3 is 14.6 Å². The van der Waals surface area contributed by atoms with Gasteiger partial charge in [0, 0.05) is 6.42 Å². The highest BCUT2D eigenvalue weighted by Crippen LogP contribution is 2.51. The van der Waals surface area contributed by atoms with E-state index >= 15 is 0 Å². The second-order valence-corrected chi connectivity index (χ2v) is 6.66. The Bertz CT molecular complexity index is 361. The minimum atomic E-state index is -0.597. The number of carbonyl (C=O) groups excluding carboxylic acids is 2. The fraction of sp³-hybridized carbons (Fsp3) is 0.867. The average Bonchev–Trinajstić information content (AvgIpc) is 2.90. The van der Waals surface area contributed by atoms with Crippen LogP contribution in [0.1, 0.15) is 46.5 Å². The number of hydrogen-bond donors (Lipinski definition) is 1. The van der Waals surface area contributed by atoms with Crippen LogP contribution in [0.15, 0.2) is 0 Å². The Kier molecular flexibility index (Phi) is 4.00. The molecule has 4 heteroatoms. The zero-order valence-corrected chi connectivity index (χ0v) is 12.0. The van der Waals surface area contributed by atoms with Gasteiger partial charge in [0.05, 0.1) is 11.5 Å². The van der Waals surface area contributed by atoms with Crippen LogP contribution in [-0.4, -0.2) is 29.6 Å². The first kappa shape index (κ1) is 14.5. The predicted molar refractivity (Wildman–Crippen MR) is 70.3 cm³/mol. The van der Waals surface area contributed by atoms with Crippen LogP contribution >= 0.6 is 0 Å². The molecule has 19 heavy (non-hydrogen) atoms. The average molecular weight is 268 g/mol. The summed E-state index contributed by atoms with van der Waals surface area (Å²) in [5.74, 6) is 0.393. The van der Waals surface area contributed by atoms with Crippen LogP contribution in [0, 0.1) is 23.2 Å². The van der Waals surface area contributed by atoms with Gasteiger partial charge in [-0.25, -0.2) is 0 Å². The molecule has 1 N–H and O–H groups in total. The fourth-order valence-electron chi connectivity index (χ4n) is 3.40. The molecule has 2 bridgehead atoms. The number of aldehydes is 1. The summed E-state index contributed by atoms with van der Waals surface area (Å²) in [5.41, 5.74) is -0.496.